The van der Waals surface area contributed by atoms with Crippen molar-refractivity contribution in [1.29, 1.82) is 0 Å². The highest BCUT2D eigenvalue weighted by atomic mass is 32.2. The summed E-state index contributed by atoms with van der Waals surface area (Å²) in [6.45, 7) is 1.45. The maximum atomic E-state index is 12.9. The molecule has 1 N–H and O–H groups in total. The van der Waals surface area contributed by atoms with Crippen molar-refractivity contribution >= 4 is 21.6 Å². The van der Waals surface area contributed by atoms with E-state index in [1.165, 1.54) is 19.1 Å². The number of carbonyl (C=O) groups is 1. The summed E-state index contributed by atoms with van der Waals surface area (Å²) in [7, 11) is -2.97. The van der Waals surface area contributed by atoms with Gasteiger partial charge < -0.3 is 15.0 Å². The van der Waals surface area contributed by atoms with Crippen molar-refractivity contribution in [2.75, 3.05) is 30.5 Å². The Labute approximate surface area is 162 Å². The Morgan fingerprint density at radius 3 is 2.44 bits per heavy atom. The van der Waals surface area contributed by atoms with Crippen LogP contribution in [0, 0.1) is 0 Å². The van der Waals surface area contributed by atoms with E-state index in [4.69, 9.17) is 4.74 Å². The van der Waals surface area contributed by atoms with Crippen molar-refractivity contribution in [1.82, 2.24) is 4.90 Å². The SMILES string of the molecule is CS(=O)(=O)CCc1ccc(NC(=O)N(CC2CCCO2)C2CCCC2)cc1. The zero-order valence-corrected chi connectivity index (χ0v) is 16.8. The average molecular weight is 395 g/mol. The summed E-state index contributed by atoms with van der Waals surface area (Å²) in [5.74, 6) is 0.134. The van der Waals surface area contributed by atoms with Crippen LogP contribution in [0.3, 0.4) is 0 Å². The van der Waals surface area contributed by atoms with Crippen molar-refractivity contribution in [3.8, 4) is 0 Å². The fourth-order valence-electron chi connectivity index (χ4n) is 3.87. The van der Waals surface area contributed by atoms with Crippen molar-refractivity contribution in [2.24, 2.45) is 0 Å². The molecule has 3 rings (SSSR count). The molecule has 1 saturated carbocycles. The second-order valence-corrected chi connectivity index (χ2v) is 9.99. The van der Waals surface area contributed by atoms with E-state index in [2.05, 4.69) is 5.32 Å². The molecule has 1 aliphatic heterocycles. The number of rotatable bonds is 7. The molecule has 0 radical (unpaired) electrons. The van der Waals surface area contributed by atoms with E-state index < -0.39 is 9.84 Å². The quantitative estimate of drug-likeness (QED) is 0.770. The second-order valence-electron chi connectivity index (χ2n) is 7.73. The molecule has 2 amide bonds. The number of carbonyl (C=O) groups excluding carboxylic acids is 1. The first-order valence-corrected chi connectivity index (χ1v) is 11.9. The molecular formula is C20H30N2O4S. The van der Waals surface area contributed by atoms with Gasteiger partial charge >= 0.3 is 6.03 Å². The smallest absolute Gasteiger partial charge is 0.322 e. The van der Waals surface area contributed by atoms with Gasteiger partial charge in [-0.1, -0.05) is 25.0 Å². The van der Waals surface area contributed by atoms with Gasteiger partial charge in [-0.2, -0.15) is 0 Å². The van der Waals surface area contributed by atoms with E-state index in [-0.39, 0.29) is 17.9 Å². The molecule has 2 fully saturated rings. The van der Waals surface area contributed by atoms with Gasteiger partial charge in [0.05, 0.1) is 11.9 Å². The first-order valence-electron chi connectivity index (χ1n) is 9.86. The van der Waals surface area contributed by atoms with Crippen LogP contribution in [0.2, 0.25) is 0 Å². The van der Waals surface area contributed by atoms with Crippen LogP contribution in [0.1, 0.15) is 44.1 Å². The maximum absolute atomic E-state index is 12.9. The van der Waals surface area contributed by atoms with Crippen molar-refractivity contribution in [3.05, 3.63) is 29.8 Å². The Balaban J connectivity index is 1.60. The molecule has 150 valence electrons. The summed E-state index contributed by atoms with van der Waals surface area (Å²) in [4.78, 5) is 14.9. The third-order valence-electron chi connectivity index (χ3n) is 5.42. The highest BCUT2D eigenvalue weighted by Gasteiger charge is 2.30. The van der Waals surface area contributed by atoms with Gasteiger partial charge in [0.15, 0.2) is 0 Å². The number of anilines is 1. The van der Waals surface area contributed by atoms with Crippen LogP contribution in [0.4, 0.5) is 10.5 Å². The predicted molar refractivity (Wildman–Crippen MR) is 107 cm³/mol. The molecule has 0 spiro atoms. The van der Waals surface area contributed by atoms with E-state index in [1.807, 2.05) is 29.2 Å². The maximum Gasteiger partial charge on any atom is 0.322 e. The normalized spacial score (nSPS) is 20.7. The van der Waals surface area contributed by atoms with Crippen molar-refractivity contribution in [3.63, 3.8) is 0 Å². The minimum Gasteiger partial charge on any atom is -0.376 e. The van der Waals surface area contributed by atoms with Gasteiger partial charge in [-0.3, -0.25) is 0 Å². The number of urea groups is 1. The van der Waals surface area contributed by atoms with Crippen LogP contribution < -0.4 is 5.32 Å². The Bertz CT molecular complexity index is 721. The lowest BCUT2D eigenvalue weighted by molar-refractivity contribution is 0.0729. The molecular weight excluding hydrogens is 364 g/mol. The summed E-state index contributed by atoms with van der Waals surface area (Å²) in [6.07, 6.45) is 8.44. The van der Waals surface area contributed by atoms with E-state index in [0.29, 0.717) is 19.0 Å². The van der Waals surface area contributed by atoms with Crippen LogP contribution in [0.25, 0.3) is 0 Å². The molecule has 7 heteroatoms. The van der Waals surface area contributed by atoms with Gasteiger partial charge in [0.25, 0.3) is 0 Å². The lowest BCUT2D eigenvalue weighted by Gasteiger charge is -2.31. The highest BCUT2D eigenvalue weighted by molar-refractivity contribution is 7.90. The molecule has 2 aliphatic rings. The van der Waals surface area contributed by atoms with Gasteiger partial charge in [-0.05, 0) is 49.8 Å². The lowest BCUT2D eigenvalue weighted by atomic mass is 10.1. The molecule has 6 nitrogen and oxygen atoms in total. The Morgan fingerprint density at radius 1 is 1.15 bits per heavy atom. The second kappa shape index (κ2) is 9.06. The van der Waals surface area contributed by atoms with Crippen LogP contribution in [0.15, 0.2) is 24.3 Å². The zero-order valence-electron chi connectivity index (χ0n) is 16.0. The van der Waals surface area contributed by atoms with E-state index in [0.717, 1.165) is 43.5 Å². The van der Waals surface area contributed by atoms with Gasteiger partial charge in [0, 0.05) is 31.1 Å². The summed E-state index contributed by atoms with van der Waals surface area (Å²) in [5.41, 5.74) is 1.68. The molecule has 1 unspecified atom stereocenters. The zero-order chi connectivity index (χ0) is 19.3. The number of nitrogens with one attached hydrogen (secondary N) is 1. The summed E-state index contributed by atoms with van der Waals surface area (Å²) >= 11 is 0. The number of aryl methyl sites for hydroxylation is 1. The van der Waals surface area contributed by atoms with Crippen LogP contribution >= 0.6 is 0 Å². The largest absolute Gasteiger partial charge is 0.376 e. The molecule has 1 heterocycles. The summed E-state index contributed by atoms with van der Waals surface area (Å²) in [5, 5.41) is 3.01. The number of hydrogen-bond donors (Lipinski definition) is 1. The highest BCUT2D eigenvalue weighted by Crippen LogP contribution is 2.26. The minimum absolute atomic E-state index is 0.0683. The van der Waals surface area contributed by atoms with Gasteiger partial charge in [0.2, 0.25) is 0 Å². The minimum atomic E-state index is -2.97. The number of hydrogen-bond acceptors (Lipinski definition) is 4. The topological polar surface area (TPSA) is 75.7 Å². The number of sulfone groups is 1. The fourth-order valence-corrected chi connectivity index (χ4v) is 4.48. The van der Waals surface area contributed by atoms with Crippen LogP contribution in [0.5, 0.6) is 0 Å². The molecule has 1 saturated heterocycles. The van der Waals surface area contributed by atoms with Crippen LogP contribution in [-0.2, 0) is 21.0 Å². The monoisotopic (exact) mass is 394 g/mol. The molecule has 1 aromatic rings. The van der Waals surface area contributed by atoms with Gasteiger partial charge in [-0.25, -0.2) is 13.2 Å². The van der Waals surface area contributed by atoms with Gasteiger partial charge in [0.1, 0.15) is 9.84 Å². The van der Waals surface area contributed by atoms with E-state index >= 15 is 0 Å². The summed E-state index contributed by atoms with van der Waals surface area (Å²) in [6, 6.07) is 7.66. The molecule has 27 heavy (non-hydrogen) atoms. The first-order chi connectivity index (χ1) is 12.9. The standard InChI is InChI=1S/C20H30N2O4S/c1-27(24,25)14-12-16-8-10-17(11-9-16)21-20(23)22(18-5-2-3-6-18)15-19-7-4-13-26-19/h8-11,18-19H,2-7,12-15H2,1H3,(H,21,23). The Morgan fingerprint density at radius 2 is 1.85 bits per heavy atom. The third-order valence-corrected chi connectivity index (χ3v) is 6.36. The molecule has 1 atom stereocenters. The molecule has 1 aromatic carbocycles. The number of benzene rings is 1. The van der Waals surface area contributed by atoms with E-state index in [1.54, 1.807) is 0 Å². The number of amides is 2. The first kappa shape index (κ1) is 20.1. The third kappa shape index (κ3) is 6.21. The Kier molecular flexibility index (Phi) is 6.76. The van der Waals surface area contributed by atoms with Crippen molar-refractivity contribution < 1.29 is 17.9 Å². The van der Waals surface area contributed by atoms with Crippen LogP contribution in [-0.4, -0.2) is 56.7 Å². The predicted octanol–water partition coefficient (Wildman–Crippen LogP) is 3.23. The van der Waals surface area contributed by atoms with E-state index in [9.17, 15) is 13.2 Å². The average Bonchev–Trinajstić information content (AvgIpc) is 3.32. The number of ether oxygens (including phenoxy) is 1. The molecule has 1 aliphatic carbocycles. The Hall–Kier alpha value is -1.60. The molecule has 0 aromatic heterocycles. The lowest BCUT2D eigenvalue weighted by Crippen LogP contribution is -2.45. The van der Waals surface area contributed by atoms with Gasteiger partial charge in [-0.15, -0.1) is 0 Å². The summed E-state index contributed by atoms with van der Waals surface area (Å²) < 4.78 is 28.3. The number of nitrogens with zero attached hydrogens (tertiary/aromatic N) is 1. The fraction of sp³-hybridized carbons (Fsp3) is 0.650. The van der Waals surface area contributed by atoms with Crippen molar-refractivity contribution in [2.45, 2.75) is 57.1 Å². The molecule has 0 bridgehead atoms.